The average Bonchev–Trinajstić information content (AvgIpc) is 3.19. The smallest absolute Gasteiger partial charge is 0.321 e. The topological polar surface area (TPSA) is 61.4 Å². The Balaban J connectivity index is 1.52. The van der Waals surface area contributed by atoms with E-state index in [0.717, 1.165) is 38.8 Å². The molecule has 2 N–H and O–H groups in total. The summed E-state index contributed by atoms with van der Waals surface area (Å²) in [5.74, 6) is -0.0381. The van der Waals surface area contributed by atoms with Crippen LogP contribution in [-0.4, -0.2) is 29.9 Å². The molecule has 0 aliphatic carbocycles. The number of hydrogen-bond acceptors (Lipinski definition) is 2. The number of anilines is 2. The fraction of sp³-hybridized carbons (Fsp3) is 0.333. The third-order valence-electron chi connectivity index (χ3n) is 4.55. The van der Waals surface area contributed by atoms with Gasteiger partial charge in [-0.15, -0.1) is 0 Å². The number of carbonyl (C=O) groups is 2. The minimum atomic E-state index is -0.103. The van der Waals surface area contributed by atoms with Gasteiger partial charge in [-0.1, -0.05) is 42.5 Å². The molecule has 3 amide bonds. The third kappa shape index (κ3) is 5.09. The van der Waals surface area contributed by atoms with Crippen LogP contribution in [0.2, 0.25) is 0 Å². The lowest BCUT2D eigenvalue weighted by molar-refractivity contribution is -0.116. The summed E-state index contributed by atoms with van der Waals surface area (Å²) in [6.45, 7) is 1.58. The summed E-state index contributed by atoms with van der Waals surface area (Å²) in [6, 6.07) is 17.4. The zero-order chi connectivity index (χ0) is 18.2. The molecule has 2 aromatic carbocycles. The highest BCUT2D eigenvalue weighted by atomic mass is 16.2. The highest BCUT2D eigenvalue weighted by molar-refractivity contribution is 5.99. The Hall–Kier alpha value is -2.82. The Morgan fingerprint density at radius 3 is 2.15 bits per heavy atom. The van der Waals surface area contributed by atoms with Crippen molar-refractivity contribution in [1.82, 2.24) is 4.90 Å². The first kappa shape index (κ1) is 18.0. The minimum Gasteiger partial charge on any atom is -0.325 e. The van der Waals surface area contributed by atoms with Gasteiger partial charge in [0.25, 0.3) is 0 Å². The molecule has 0 unspecified atom stereocenters. The molecule has 0 aromatic heterocycles. The molecule has 0 spiro atoms. The molecule has 0 radical (unpaired) electrons. The summed E-state index contributed by atoms with van der Waals surface area (Å²) in [7, 11) is 0. The van der Waals surface area contributed by atoms with Crippen molar-refractivity contribution >= 4 is 23.3 Å². The van der Waals surface area contributed by atoms with Gasteiger partial charge in [-0.25, -0.2) is 4.79 Å². The van der Waals surface area contributed by atoms with Gasteiger partial charge < -0.3 is 15.5 Å². The second kappa shape index (κ2) is 9.04. The molecule has 1 heterocycles. The first-order valence-corrected chi connectivity index (χ1v) is 9.21. The number of aryl methyl sites for hydroxylation is 1. The number of rotatable bonds is 6. The summed E-state index contributed by atoms with van der Waals surface area (Å²) in [5, 5.41) is 5.83. The maximum atomic E-state index is 12.3. The molecule has 1 aliphatic heterocycles. The van der Waals surface area contributed by atoms with E-state index in [1.54, 1.807) is 4.90 Å². The number of hydrogen-bond donors (Lipinski definition) is 2. The molecule has 5 heteroatoms. The summed E-state index contributed by atoms with van der Waals surface area (Å²) in [5.41, 5.74) is 2.52. The molecule has 26 heavy (non-hydrogen) atoms. The van der Waals surface area contributed by atoms with Crippen LogP contribution in [-0.2, 0) is 11.2 Å². The van der Waals surface area contributed by atoms with Crippen molar-refractivity contribution in [3.05, 3.63) is 60.2 Å². The highest BCUT2D eigenvalue weighted by Gasteiger charge is 2.18. The zero-order valence-corrected chi connectivity index (χ0v) is 14.9. The summed E-state index contributed by atoms with van der Waals surface area (Å²) < 4.78 is 0. The molecule has 0 atom stereocenters. The first-order valence-electron chi connectivity index (χ1n) is 9.21. The van der Waals surface area contributed by atoms with Gasteiger partial charge in [0, 0.05) is 19.5 Å². The van der Waals surface area contributed by atoms with Gasteiger partial charge in [0.05, 0.1) is 11.4 Å². The van der Waals surface area contributed by atoms with Crippen LogP contribution in [0.5, 0.6) is 0 Å². The number of carbonyl (C=O) groups excluding carboxylic acids is 2. The van der Waals surface area contributed by atoms with E-state index in [-0.39, 0.29) is 11.9 Å². The molecule has 3 rings (SSSR count). The van der Waals surface area contributed by atoms with Gasteiger partial charge in [0.1, 0.15) is 0 Å². The average molecular weight is 351 g/mol. The van der Waals surface area contributed by atoms with Crippen LogP contribution >= 0.6 is 0 Å². The molecule has 136 valence electrons. The molecular weight excluding hydrogens is 326 g/mol. The van der Waals surface area contributed by atoms with Crippen LogP contribution in [0.1, 0.15) is 31.2 Å². The molecule has 5 nitrogen and oxygen atoms in total. The van der Waals surface area contributed by atoms with Crippen LogP contribution in [0.25, 0.3) is 0 Å². The third-order valence-corrected chi connectivity index (χ3v) is 4.55. The van der Waals surface area contributed by atoms with Gasteiger partial charge in [0.2, 0.25) is 5.91 Å². The van der Waals surface area contributed by atoms with Crippen LogP contribution in [0.4, 0.5) is 16.2 Å². The number of benzene rings is 2. The van der Waals surface area contributed by atoms with Crippen molar-refractivity contribution in [3.63, 3.8) is 0 Å². The molecule has 2 aromatic rings. The lowest BCUT2D eigenvalue weighted by atomic mass is 10.1. The standard InChI is InChI=1S/C21H25N3O2/c25-20(14-8-11-17-9-2-1-3-10-17)22-18-12-4-5-13-19(18)23-21(26)24-15-6-7-16-24/h1-5,9-10,12-13H,6-8,11,14-16H2,(H,22,25)(H,23,26). The molecule has 1 aliphatic rings. The Bertz CT molecular complexity index is 740. The number of nitrogens with zero attached hydrogens (tertiary/aromatic N) is 1. The Labute approximate surface area is 154 Å². The monoisotopic (exact) mass is 351 g/mol. The van der Waals surface area contributed by atoms with Crippen LogP contribution in [0.3, 0.4) is 0 Å². The van der Waals surface area contributed by atoms with E-state index in [2.05, 4.69) is 22.8 Å². The minimum absolute atomic E-state index is 0.0381. The van der Waals surface area contributed by atoms with E-state index in [4.69, 9.17) is 0 Å². The van der Waals surface area contributed by atoms with Crippen molar-refractivity contribution < 1.29 is 9.59 Å². The van der Waals surface area contributed by atoms with E-state index in [1.807, 2.05) is 42.5 Å². The predicted molar refractivity (Wildman–Crippen MR) is 104 cm³/mol. The van der Waals surface area contributed by atoms with E-state index < -0.39 is 0 Å². The van der Waals surface area contributed by atoms with Gasteiger partial charge in [0.15, 0.2) is 0 Å². The number of likely N-dealkylation sites (tertiary alicyclic amines) is 1. The van der Waals surface area contributed by atoms with Gasteiger partial charge in [-0.2, -0.15) is 0 Å². The Morgan fingerprint density at radius 2 is 1.46 bits per heavy atom. The Morgan fingerprint density at radius 1 is 0.846 bits per heavy atom. The van der Waals surface area contributed by atoms with Crippen molar-refractivity contribution in [2.24, 2.45) is 0 Å². The SMILES string of the molecule is O=C(CCCc1ccccc1)Nc1ccccc1NC(=O)N1CCCC1. The normalized spacial score (nSPS) is 13.5. The van der Waals surface area contributed by atoms with Crippen molar-refractivity contribution in [3.8, 4) is 0 Å². The fourth-order valence-electron chi connectivity index (χ4n) is 3.13. The number of amides is 3. The largest absolute Gasteiger partial charge is 0.325 e. The number of para-hydroxylation sites is 2. The van der Waals surface area contributed by atoms with Crippen LogP contribution in [0.15, 0.2) is 54.6 Å². The van der Waals surface area contributed by atoms with Crippen LogP contribution < -0.4 is 10.6 Å². The molecule has 0 bridgehead atoms. The van der Waals surface area contributed by atoms with Crippen molar-refractivity contribution in [2.75, 3.05) is 23.7 Å². The van der Waals surface area contributed by atoms with Crippen molar-refractivity contribution in [1.29, 1.82) is 0 Å². The molecule has 1 saturated heterocycles. The van der Waals surface area contributed by atoms with E-state index in [9.17, 15) is 9.59 Å². The highest BCUT2D eigenvalue weighted by Crippen LogP contribution is 2.22. The maximum Gasteiger partial charge on any atom is 0.321 e. The summed E-state index contributed by atoms with van der Waals surface area (Å²) in [6.07, 6.45) is 4.21. The zero-order valence-electron chi connectivity index (χ0n) is 14.9. The second-order valence-electron chi connectivity index (χ2n) is 6.56. The molecule has 1 fully saturated rings. The van der Waals surface area contributed by atoms with Gasteiger partial charge in [-0.3, -0.25) is 4.79 Å². The quantitative estimate of drug-likeness (QED) is 0.816. The number of urea groups is 1. The van der Waals surface area contributed by atoms with E-state index >= 15 is 0 Å². The maximum absolute atomic E-state index is 12.3. The lowest BCUT2D eigenvalue weighted by Gasteiger charge is -2.18. The molecule has 0 saturated carbocycles. The molecular formula is C21H25N3O2. The first-order chi connectivity index (χ1) is 12.7. The second-order valence-corrected chi connectivity index (χ2v) is 6.56. The fourth-order valence-corrected chi connectivity index (χ4v) is 3.13. The van der Waals surface area contributed by atoms with Gasteiger partial charge >= 0.3 is 6.03 Å². The summed E-state index contributed by atoms with van der Waals surface area (Å²) in [4.78, 5) is 26.4. The number of nitrogens with one attached hydrogen (secondary N) is 2. The predicted octanol–water partition coefficient (Wildman–Crippen LogP) is 4.28. The van der Waals surface area contributed by atoms with Crippen LogP contribution in [0, 0.1) is 0 Å². The van der Waals surface area contributed by atoms with E-state index in [0.29, 0.717) is 17.8 Å². The lowest BCUT2D eigenvalue weighted by Crippen LogP contribution is -2.32. The van der Waals surface area contributed by atoms with Gasteiger partial charge in [-0.05, 0) is 43.4 Å². The summed E-state index contributed by atoms with van der Waals surface area (Å²) >= 11 is 0. The van der Waals surface area contributed by atoms with Crippen molar-refractivity contribution in [2.45, 2.75) is 32.1 Å². The van der Waals surface area contributed by atoms with E-state index in [1.165, 1.54) is 5.56 Å². The Kier molecular flexibility index (Phi) is 6.25.